The number of ether oxygens (including phenoxy) is 3. The third kappa shape index (κ3) is 4.50. The first-order chi connectivity index (χ1) is 13.8. The van der Waals surface area contributed by atoms with E-state index in [-0.39, 0.29) is 37.1 Å². The van der Waals surface area contributed by atoms with Crippen molar-refractivity contribution in [2.45, 2.75) is 37.1 Å². The summed E-state index contributed by atoms with van der Waals surface area (Å²) in [5.74, 6) is 0.584. The molecule has 1 amide bonds. The molecule has 3 aliphatic heterocycles. The summed E-state index contributed by atoms with van der Waals surface area (Å²) in [6.07, 6.45) is 0.643. The van der Waals surface area contributed by atoms with Crippen LogP contribution in [0.3, 0.4) is 0 Å². The topological polar surface area (TPSA) is 114 Å². The van der Waals surface area contributed by atoms with Gasteiger partial charge >= 0.3 is 0 Å². The molecule has 0 unspecified atom stereocenters. The lowest BCUT2D eigenvalue weighted by molar-refractivity contribution is -0.151. The molecule has 0 radical (unpaired) electrons. The number of aliphatic hydroxyl groups is 1. The van der Waals surface area contributed by atoms with Crippen LogP contribution in [0.15, 0.2) is 18.2 Å². The predicted molar refractivity (Wildman–Crippen MR) is 104 cm³/mol. The van der Waals surface area contributed by atoms with Gasteiger partial charge < -0.3 is 24.2 Å². The Labute approximate surface area is 170 Å². The molecule has 0 aromatic heterocycles. The number of aliphatic hydroxyl groups excluding tert-OH is 1. The number of sulfonamides is 1. The Balaban J connectivity index is 1.51. The number of benzene rings is 1. The molecule has 29 heavy (non-hydrogen) atoms. The fourth-order valence-electron chi connectivity index (χ4n) is 4.30. The molecule has 9 nitrogen and oxygen atoms in total. The Morgan fingerprint density at radius 3 is 2.76 bits per heavy atom. The third-order valence-corrected chi connectivity index (χ3v) is 6.18. The number of carbonyl (C=O) groups excluding carboxylic acids is 1. The maximum atomic E-state index is 12.6. The van der Waals surface area contributed by atoms with Gasteiger partial charge in [-0.3, -0.25) is 9.52 Å². The smallest absolute Gasteiger partial charge is 0.229 e. The first-order valence-electron chi connectivity index (χ1n) is 9.74. The van der Waals surface area contributed by atoms with Crippen molar-refractivity contribution in [2.75, 3.05) is 43.9 Å². The van der Waals surface area contributed by atoms with Gasteiger partial charge in [0.1, 0.15) is 18.0 Å². The second-order valence-electron chi connectivity index (χ2n) is 7.73. The number of fused-ring (bicyclic) bond motifs is 3. The van der Waals surface area contributed by atoms with Crippen LogP contribution >= 0.6 is 0 Å². The summed E-state index contributed by atoms with van der Waals surface area (Å²) in [4.78, 5) is 14.4. The predicted octanol–water partition coefficient (Wildman–Crippen LogP) is 0.301. The van der Waals surface area contributed by atoms with Gasteiger partial charge in [-0.05, 0) is 24.6 Å². The van der Waals surface area contributed by atoms with E-state index in [0.717, 1.165) is 11.8 Å². The van der Waals surface area contributed by atoms with Crippen LogP contribution in [0.1, 0.15) is 24.3 Å². The lowest BCUT2D eigenvalue weighted by atomic mass is 9.84. The van der Waals surface area contributed by atoms with Crippen LogP contribution in [-0.2, 0) is 24.3 Å². The van der Waals surface area contributed by atoms with Gasteiger partial charge in [0.2, 0.25) is 15.9 Å². The minimum absolute atomic E-state index is 0.0140. The van der Waals surface area contributed by atoms with E-state index < -0.39 is 16.1 Å². The molecule has 1 aromatic carbocycles. The van der Waals surface area contributed by atoms with E-state index in [1.807, 2.05) is 0 Å². The lowest BCUT2D eigenvalue weighted by Crippen LogP contribution is -2.48. The molecule has 2 fully saturated rings. The number of nitrogens with zero attached hydrogens (tertiary/aromatic N) is 1. The standard InChI is InChI=1S/C19H26N2O7S/c1-29(24,25)20-12-2-3-16-14(8-12)15-9-13(27-17(11-22)19(15)28-16)10-18(23)21-4-6-26-7-5-21/h2-3,8,13,15,17,19-20,22H,4-7,9-11H2,1H3/t13-,15+,17-,19-/m1/s1. The van der Waals surface area contributed by atoms with Crippen molar-refractivity contribution in [2.24, 2.45) is 0 Å². The molecule has 0 bridgehead atoms. The van der Waals surface area contributed by atoms with Gasteiger partial charge in [-0.1, -0.05) is 0 Å². The molecule has 3 heterocycles. The van der Waals surface area contributed by atoms with Crippen molar-refractivity contribution < 1.29 is 32.5 Å². The number of carbonyl (C=O) groups is 1. The number of anilines is 1. The summed E-state index contributed by atoms with van der Waals surface area (Å²) in [7, 11) is -3.39. The highest BCUT2D eigenvalue weighted by atomic mass is 32.2. The summed E-state index contributed by atoms with van der Waals surface area (Å²) < 4.78 is 42.9. The van der Waals surface area contributed by atoms with Gasteiger partial charge in [-0.2, -0.15) is 0 Å². The summed E-state index contributed by atoms with van der Waals surface area (Å²) >= 11 is 0. The maximum Gasteiger partial charge on any atom is 0.229 e. The molecule has 0 spiro atoms. The second kappa shape index (κ2) is 8.10. The number of hydrogen-bond donors (Lipinski definition) is 2. The maximum absolute atomic E-state index is 12.6. The molecular weight excluding hydrogens is 400 g/mol. The Morgan fingerprint density at radius 1 is 1.31 bits per heavy atom. The molecule has 0 saturated carbocycles. The molecule has 0 aliphatic carbocycles. The zero-order valence-corrected chi connectivity index (χ0v) is 17.1. The van der Waals surface area contributed by atoms with Crippen molar-refractivity contribution in [1.29, 1.82) is 0 Å². The quantitative estimate of drug-likeness (QED) is 0.696. The summed E-state index contributed by atoms with van der Waals surface area (Å²) in [5, 5.41) is 9.82. The van der Waals surface area contributed by atoms with E-state index in [2.05, 4.69) is 4.72 Å². The molecule has 2 N–H and O–H groups in total. The monoisotopic (exact) mass is 426 g/mol. The Hall–Kier alpha value is -1.88. The second-order valence-corrected chi connectivity index (χ2v) is 9.48. The summed E-state index contributed by atoms with van der Waals surface area (Å²) in [6.45, 7) is 2.02. The van der Waals surface area contributed by atoms with Crippen LogP contribution in [0.4, 0.5) is 5.69 Å². The minimum Gasteiger partial charge on any atom is -0.487 e. The molecule has 4 rings (SSSR count). The Bertz CT molecular complexity index is 869. The highest BCUT2D eigenvalue weighted by Crippen LogP contribution is 2.47. The van der Waals surface area contributed by atoms with Gasteiger partial charge in [0.25, 0.3) is 0 Å². The van der Waals surface area contributed by atoms with Crippen molar-refractivity contribution in [1.82, 2.24) is 4.90 Å². The Kier molecular flexibility index (Phi) is 5.69. The number of nitrogens with one attached hydrogen (secondary N) is 1. The molecular formula is C19H26N2O7S. The van der Waals surface area contributed by atoms with Crippen molar-refractivity contribution in [3.8, 4) is 5.75 Å². The molecule has 160 valence electrons. The molecule has 4 atom stereocenters. The van der Waals surface area contributed by atoms with Crippen LogP contribution in [0.2, 0.25) is 0 Å². The number of rotatable bonds is 5. The third-order valence-electron chi connectivity index (χ3n) is 5.57. The Morgan fingerprint density at radius 2 is 2.07 bits per heavy atom. The van der Waals surface area contributed by atoms with Gasteiger partial charge in [-0.15, -0.1) is 0 Å². The molecule has 10 heteroatoms. The van der Waals surface area contributed by atoms with Gasteiger partial charge in [-0.25, -0.2) is 8.42 Å². The first-order valence-corrected chi connectivity index (χ1v) is 11.6. The van der Waals surface area contributed by atoms with Gasteiger partial charge in [0.15, 0.2) is 0 Å². The number of hydrogen-bond acceptors (Lipinski definition) is 7. The van der Waals surface area contributed by atoms with E-state index in [1.54, 1.807) is 23.1 Å². The van der Waals surface area contributed by atoms with Crippen LogP contribution in [0.5, 0.6) is 5.75 Å². The molecule has 2 saturated heterocycles. The first kappa shape index (κ1) is 20.4. The SMILES string of the molecule is CS(=O)(=O)Nc1ccc2c(c1)[C@@H]1C[C@H](CC(=O)N3CCOCC3)O[C@H](CO)[C@@H]1O2. The van der Waals surface area contributed by atoms with Crippen molar-refractivity contribution in [3.05, 3.63) is 23.8 Å². The lowest BCUT2D eigenvalue weighted by Gasteiger charge is -2.38. The summed E-state index contributed by atoms with van der Waals surface area (Å²) in [6, 6.07) is 5.14. The molecule has 3 aliphatic rings. The van der Waals surface area contributed by atoms with E-state index in [4.69, 9.17) is 14.2 Å². The van der Waals surface area contributed by atoms with Crippen molar-refractivity contribution in [3.63, 3.8) is 0 Å². The zero-order chi connectivity index (χ0) is 20.6. The zero-order valence-electron chi connectivity index (χ0n) is 16.2. The highest BCUT2D eigenvalue weighted by molar-refractivity contribution is 7.92. The van der Waals surface area contributed by atoms with Gasteiger partial charge in [0.05, 0.1) is 38.6 Å². The largest absolute Gasteiger partial charge is 0.487 e. The number of amides is 1. The molecule has 1 aromatic rings. The van der Waals surface area contributed by atoms with Crippen LogP contribution in [0, 0.1) is 0 Å². The van der Waals surface area contributed by atoms with Crippen LogP contribution < -0.4 is 9.46 Å². The normalized spacial score (nSPS) is 29.0. The highest BCUT2D eigenvalue weighted by Gasteiger charge is 2.46. The summed E-state index contributed by atoms with van der Waals surface area (Å²) in [5.41, 5.74) is 1.33. The average molecular weight is 426 g/mol. The van der Waals surface area contributed by atoms with E-state index >= 15 is 0 Å². The average Bonchev–Trinajstić information content (AvgIpc) is 3.05. The number of morpholine rings is 1. The van der Waals surface area contributed by atoms with Crippen LogP contribution in [-0.4, -0.2) is 81.8 Å². The van der Waals surface area contributed by atoms with Gasteiger partial charge in [0, 0.05) is 30.3 Å². The van der Waals surface area contributed by atoms with E-state index in [0.29, 0.717) is 44.2 Å². The minimum atomic E-state index is -3.39. The van der Waals surface area contributed by atoms with Crippen molar-refractivity contribution >= 4 is 21.6 Å². The van der Waals surface area contributed by atoms with E-state index in [1.165, 1.54) is 0 Å². The fourth-order valence-corrected chi connectivity index (χ4v) is 4.86. The fraction of sp³-hybridized carbons (Fsp3) is 0.632. The van der Waals surface area contributed by atoms with E-state index in [9.17, 15) is 18.3 Å². The van der Waals surface area contributed by atoms with Crippen LogP contribution in [0.25, 0.3) is 0 Å².